The number of Topliss-reactive ketones (excluding diaryl/α,β-unsaturated/α-hetero) is 1. The SMILES string of the molecule is CN(C)c1ccc(C(=O)C2CCOC2)cc1. The van der Waals surface area contributed by atoms with Crippen molar-refractivity contribution in [2.45, 2.75) is 6.42 Å². The van der Waals surface area contributed by atoms with Crippen LogP contribution < -0.4 is 4.90 Å². The van der Waals surface area contributed by atoms with Crippen LogP contribution in [0.15, 0.2) is 24.3 Å². The summed E-state index contributed by atoms with van der Waals surface area (Å²) < 4.78 is 5.23. The first-order valence-corrected chi connectivity index (χ1v) is 5.58. The Kier molecular flexibility index (Phi) is 3.25. The van der Waals surface area contributed by atoms with Crippen LogP contribution in [0.1, 0.15) is 16.8 Å². The molecule has 1 aromatic carbocycles. The fraction of sp³-hybridized carbons (Fsp3) is 0.462. The molecular weight excluding hydrogens is 202 g/mol. The van der Waals surface area contributed by atoms with E-state index in [0.717, 1.165) is 17.7 Å². The van der Waals surface area contributed by atoms with E-state index in [1.807, 2.05) is 43.3 Å². The molecule has 1 aliphatic rings. The number of anilines is 1. The maximum absolute atomic E-state index is 12.0. The average Bonchev–Trinajstić information content (AvgIpc) is 2.81. The van der Waals surface area contributed by atoms with E-state index in [4.69, 9.17) is 4.74 Å². The zero-order valence-corrected chi connectivity index (χ0v) is 9.77. The summed E-state index contributed by atoms with van der Waals surface area (Å²) in [6.07, 6.45) is 0.855. The summed E-state index contributed by atoms with van der Waals surface area (Å²) in [4.78, 5) is 14.1. The van der Waals surface area contributed by atoms with Crippen LogP contribution in [-0.2, 0) is 4.74 Å². The Labute approximate surface area is 96.0 Å². The molecule has 3 heteroatoms. The van der Waals surface area contributed by atoms with Crippen molar-refractivity contribution in [3.63, 3.8) is 0 Å². The highest BCUT2D eigenvalue weighted by Gasteiger charge is 2.24. The smallest absolute Gasteiger partial charge is 0.168 e. The van der Waals surface area contributed by atoms with Crippen molar-refractivity contribution >= 4 is 11.5 Å². The second-order valence-electron chi connectivity index (χ2n) is 4.37. The Bertz CT molecular complexity index is 364. The van der Waals surface area contributed by atoms with Crippen LogP contribution in [0.3, 0.4) is 0 Å². The number of benzene rings is 1. The number of rotatable bonds is 3. The van der Waals surface area contributed by atoms with Crippen LogP contribution in [-0.4, -0.2) is 33.1 Å². The highest BCUT2D eigenvalue weighted by Crippen LogP contribution is 2.20. The molecule has 1 aliphatic heterocycles. The minimum Gasteiger partial charge on any atom is -0.381 e. The zero-order valence-electron chi connectivity index (χ0n) is 9.77. The maximum Gasteiger partial charge on any atom is 0.168 e. The molecule has 1 fully saturated rings. The van der Waals surface area contributed by atoms with Gasteiger partial charge in [-0.1, -0.05) is 0 Å². The molecular formula is C13H17NO2. The summed E-state index contributed by atoms with van der Waals surface area (Å²) in [5.74, 6) is 0.271. The van der Waals surface area contributed by atoms with Gasteiger partial charge >= 0.3 is 0 Å². The molecule has 1 aromatic rings. The fourth-order valence-corrected chi connectivity index (χ4v) is 1.90. The molecule has 0 saturated carbocycles. The number of carbonyl (C=O) groups is 1. The Morgan fingerprint density at radius 3 is 2.50 bits per heavy atom. The third-order valence-electron chi connectivity index (χ3n) is 2.97. The van der Waals surface area contributed by atoms with Gasteiger partial charge in [-0.05, 0) is 30.7 Å². The summed E-state index contributed by atoms with van der Waals surface area (Å²) in [6, 6.07) is 7.75. The first kappa shape index (κ1) is 11.1. The Morgan fingerprint density at radius 2 is 2.00 bits per heavy atom. The van der Waals surface area contributed by atoms with E-state index < -0.39 is 0 Å². The molecule has 3 nitrogen and oxygen atoms in total. The lowest BCUT2D eigenvalue weighted by Crippen LogP contribution is -2.15. The molecule has 86 valence electrons. The number of hydrogen-bond donors (Lipinski definition) is 0. The van der Waals surface area contributed by atoms with Crippen LogP contribution in [0.5, 0.6) is 0 Å². The topological polar surface area (TPSA) is 29.5 Å². The Hall–Kier alpha value is -1.35. The van der Waals surface area contributed by atoms with Gasteiger partial charge in [0.15, 0.2) is 5.78 Å². The molecule has 16 heavy (non-hydrogen) atoms. The largest absolute Gasteiger partial charge is 0.381 e. The molecule has 2 rings (SSSR count). The van der Waals surface area contributed by atoms with Crippen LogP contribution >= 0.6 is 0 Å². The van der Waals surface area contributed by atoms with Gasteiger partial charge in [0.25, 0.3) is 0 Å². The van der Waals surface area contributed by atoms with Crippen LogP contribution in [0.4, 0.5) is 5.69 Å². The molecule has 0 spiro atoms. The quantitative estimate of drug-likeness (QED) is 0.728. The van der Waals surface area contributed by atoms with Gasteiger partial charge in [-0.15, -0.1) is 0 Å². The van der Waals surface area contributed by atoms with E-state index in [1.165, 1.54) is 0 Å². The van der Waals surface area contributed by atoms with Crippen molar-refractivity contribution in [2.75, 3.05) is 32.2 Å². The first-order valence-electron chi connectivity index (χ1n) is 5.58. The maximum atomic E-state index is 12.0. The normalized spacial score (nSPS) is 19.8. The number of ether oxygens (including phenoxy) is 1. The number of hydrogen-bond acceptors (Lipinski definition) is 3. The molecule has 0 amide bonds. The lowest BCUT2D eigenvalue weighted by atomic mass is 9.97. The molecule has 0 bridgehead atoms. The van der Waals surface area contributed by atoms with Gasteiger partial charge < -0.3 is 9.64 Å². The summed E-state index contributed by atoms with van der Waals surface area (Å²) in [7, 11) is 3.98. The van der Waals surface area contributed by atoms with Crippen molar-refractivity contribution in [2.24, 2.45) is 5.92 Å². The van der Waals surface area contributed by atoms with Gasteiger partial charge in [-0.2, -0.15) is 0 Å². The third-order valence-corrected chi connectivity index (χ3v) is 2.97. The van der Waals surface area contributed by atoms with Gasteiger partial charge in [-0.3, -0.25) is 4.79 Å². The summed E-state index contributed by atoms with van der Waals surface area (Å²) in [6.45, 7) is 1.29. The molecule has 1 atom stereocenters. The van der Waals surface area contributed by atoms with Gasteiger partial charge in [0.2, 0.25) is 0 Å². The average molecular weight is 219 g/mol. The Balaban J connectivity index is 2.11. The fourth-order valence-electron chi connectivity index (χ4n) is 1.90. The standard InChI is InChI=1S/C13H17NO2/c1-14(2)12-5-3-10(4-6-12)13(15)11-7-8-16-9-11/h3-6,11H,7-9H2,1-2H3. The van der Waals surface area contributed by atoms with E-state index >= 15 is 0 Å². The van der Waals surface area contributed by atoms with E-state index in [9.17, 15) is 4.79 Å². The molecule has 1 unspecified atom stereocenters. The minimum atomic E-state index is 0.0604. The van der Waals surface area contributed by atoms with Crippen molar-refractivity contribution < 1.29 is 9.53 Å². The zero-order chi connectivity index (χ0) is 11.5. The summed E-state index contributed by atoms with van der Waals surface area (Å²) >= 11 is 0. The number of ketones is 1. The highest BCUT2D eigenvalue weighted by molar-refractivity contribution is 5.98. The van der Waals surface area contributed by atoms with Gasteiger partial charge in [-0.25, -0.2) is 0 Å². The van der Waals surface area contributed by atoms with Crippen LogP contribution in [0, 0.1) is 5.92 Å². The lowest BCUT2D eigenvalue weighted by molar-refractivity contribution is 0.0900. The molecule has 1 saturated heterocycles. The second kappa shape index (κ2) is 4.66. The molecule has 0 N–H and O–H groups in total. The van der Waals surface area contributed by atoms with Crippen molar-refractivity contribution in [3.8, 4) is 0 Å². The molecule has 0 aliphatic carbocycles. The van der Waals surface area contributed by atoms with E-state index in [1.54, 1.807) is 0 Å². The van der Waals surface area contributed by atoms with E-state index in [-0.39, 0.29) is 11.7 Å². The van der Waals surface area contributed by atoms with Crippen LogP contribution in [0.2, 0.25) is 0 Å². The van der Waals surface area contributed by atoms with Crippen LogP contribution in [0.25, 0.3) is 0 Å². The minimum absolute atomic E-state index is 0.0604. The second-order valence-corrected chi connectivity index (χ2v) is 4.37. The predicted molar refractivity (Wildman–Crippen MR) is 64.0 cm³/mol. The number of carbonyl (C=O) groups excluding carboxylic acids is 1. The first-order chi connectivity index (χ1) is 7.68. The van der Waals surface area contributed by atoms with Crippen molar-refractivity contribution in [3.05, 3.63) is 29.8 Å². The molecule has 0 radical (unpaired) electrons. The van der Waals surface area contributed by atoms with Gasteiger partial charge in [0.05, 0.1) is 6.61 Å². The monoisotopic (exact) mass is 219 g/mol. The highest BCUT2D eigenvalue weighted by atomic mass is 16.5. The predicted octanol–water partition coefficient (Wildman–Crippen LogP) is 1.97. The number of nitrogens with zero attached hydrogens (tertiary/aromatic N) is 1. The van der Waals surface area contributed by atoms with Gasteiger partial charge in [0, 0.05) is 37.9 Å². The van der Waals surface area contributed by atoms with Crippen molar-refractivity contribution in [1.82, 2.24) is 0 Å². The molecule has 0 aromatic heterocycles. The van der Waals surface area contributed by atoms with Gasteiger partial charge in [0.1, 0.15) is 0 Å². The lowest BCUT2D eigenvalue weighted by Gasteiger charge is -2.13. The third kappa shape index (κ3) is 2.25. The van der Waals surface area contributed by atoms with Crippen molar-refractivity contribution in [1.29, 1.82) is 0 Å². The summed E-state index contributed by atoms with van der Waals surface area (Å²) in [5, 5.41) is 0. The Morgan fingerprint density at radius 1 is 1.31 bits per heavy atom. The van der Waals surface area contributed by atoms with E-state index in [2.05, 4.69) is 0 Å². The summed E-state index contributed by atoms with van der Waals surface area (Å²) in [5.41, 5.74) is 1.90. The van der Waals surface area contributed by atoms with E-state index in [0.29, 0.717) is 13.2 Å². The molecule has 1 heterocycles.